The smallest absolute Gasteiger partial charge is 0.414 e. The molecule has 2 atom stereocenters. The van der Waals surface area contributed by atoms with Crippen molar-refractivity contribution in [1.29, 1.82) is 0 Å². The van der Waals surface area contributed by atoms with Gasteiger partial charge in [0, 0.05) is 30.9 Å². The molecule has 0 aliphatic heterocycles. The molecule has 0 radical (unpaired) electrons. The first kappa shape index (κ1) is 39.1. The Morgan fingerprint density at radius 3 is 2.06 bits per heavy atom. The Hall–Kier alpha value is -3.39. The summed E-state index contributed by atoms with van der Waals surface area (Å²) < 4.78 is 49.8. The summed E-state index contributed by atoms with van der Waals surface area (Å²) in [6, 6.07) is 20.2. The molecule has 3 rings (SSSR count). The molecule has 0 aliphatic rings. The van der Waals surface area contributed by atoms with Gasteiger partial charge in [-0.1, -0.05) is 113 Å². The average molecular weight is 670 g/mol. The molecular weight excluding hydrogens is 615 g/mol. The van der Waals surface area contributed by atoms with Gasteiger partial charge in [-0.2, -0.15) is 13.2 Å². The molecule has 0 bridgehead atoms. The van der Waals surface area contributed by atoms with Crippen LogP contribution in [0.4, 0.5) is 13.2 Å². The van der Waals surface area contributed by atoms with E-state index in [0.29, 0.717) is 38.2 Å². The van der Waals surface area contributed by atoms with E-state index in [1.54, 1.807) is 0 Å². The SMILES string of the molecule is CCCCCCCCCCCCOc1ccc(-c2cc(C(CCCOC(C)C(F)(F)F)CCCC(=O)O)ccc2-c2ccccc2)cn1. The Balaban J connectivity index is 1.68. The number of nitrogens with zero attached hydrogens (tertiary/aromatic N) is 1. The van der Waals surface area contributed by atoms with Crippen LogP contribution in [-0.4, -0.2) is 41.6 Å². The number of alkyl halides is 3. The molecule has 0 fully saturated rings. The quantitative estimate of drug-likeness (QED) is 0.0961. The van der Waals surface area contributed by atoms with Crippen LogP contribution in [0.15, 0.2) is 66.9 Å². The second-order valence-corrected chi connectivity index (χ2v) is 12.8. The van der Waals surface area contributed by atoms with Crippen LogP contribution in [0.25, 0.3) is 22.3 Å². The predicted molar refractivity (Wildman–Crippen MR) is 187 cm³/mol. The molecule has 1 heterocycles. The van der Waals surface area contributed by atoms with E-state index in [9.17, 15) is 23.1 Å². The number of carboxylic acids is 1. The lowest BCUT2D eigenvalue weighted by molar-refractivity contribution is -0.214. The number of rotatable bonds is 24. The summed E-state index contributed by atoms with van der Waals surface area (Å²) in [7, 11) is 0. The molecule has 0 saturated carbocycles. The molecule has 48 heavy (non-hydrogen) atoms. The fourth-order valence-corrected chi connectivity index (χ4v) is 5.98. The molecule has 0 saturated heterocycles. The van der Waals surface area contributed by atoms with Crippen molar-refractivity contribution in [2.24, 2.45) is 0 Å². The Morgan fingerprint density at radius 1 is 0.771 bits per heavy atom. The highest BCUT2D eigenvalue weighted by Crippen LogP contribution is 2.37. The van der Waals surface area contributed by atoms with E-state index in [1.165, 1.54) is 51.4 Å². The highest BCUT2D eigenvalue weighted by molar-refractivity contribution is 5.83. The zero-order valence-corrected chi connectivity index (χ0v) is 28.8. The highest BCUT2D eigenvalue weighted by Gasteiger charge is 2.36. The van der Waals surface area contributed by atoms with E-state index >= 15 is 0 Å². The van der Waals surface area contributed by atoms with Gasteiger partial charge in [0.25, 0.3) is 0 Å². The van der Waals surface area contributed by atoms with Crippen molar-refractivity contribution in [1.82, 2.24) is 4.98 Å². The van der Waals surface area contributed by atoms with Gasteiger partial charge < -0.3 is 14.6 Å². The van der Waals surface area contributed by atoms with Crippen molar-refractivity contribution in [2.45, 2.75) is 128 Å². The summed E-state index contributed by atoms with van der Waals surface area (Å²) in [6.07, 6.45) is 10.4. The normalized spacial score (nSPS) is 12.9. The number of aliphatic carboxylic acids is 1. The first-order chi connectivity index (χ1) is 23.2. The van der Waals surface area contributed by atoms with Crippen LogP contribution in [0, 0.1) is 0 Å². The maximum atomic E-state index is 12.9. The summed E-state index contributed by atoms with van der Waals surface area (Å²) >= 11 is 0. The minimum atomic E-state index is -4.40. The number of hydrogen-bond donors (Lipinski definition) is 1. The lowest BCUT2D eigenvalue weighted by Gasteiger charge is -2.21. The summed E-state index contributed by atoms with van der Waals surface area (Å²) in [5.74, 6) is -0.307. The molecule has 2 aromatic carbocycles. The Kier molecular flexibility index (Phi) is 17.5. The van der Waals surface area contributed by atoms with Crippen molar-refractivity contribution in [3.05, 3.63) is 72.4 Å². The number of ether oxygens (including phenoxy) is 2. The maximum Gasteiger partial charge on any atom is 0.414 e. The van der Waals surface area contributed by atoms with Gasteiger partial charge in [0.05, 0.1) is 6.61 Å². The van der Waals surface area contributed by atoms with Crippen LogP contribution in [0.1, 0.15) is 122 Å². The molecule has 0 spiro atoms. The number of carboxylic acid groups (broad SMARTS) is 1. The second kappa shape index (κ2) is 21.6. The third-order valence-electron chi connectivity index (χ3n) is 8.86. The topological polar surface area (TPSA) is 68.7 Å². The number of pyridine rings is 1. The van der Waals surface area contributed by atoms with Crippen LogP contribution in [0.2, 0.25) is 0 Å². The van der Waals surface area contributed by atoms with E-state index < -0.39 is 18.2 Å². The van der Waals surface area contributed by atoms with E-state index in [-0.39, 0.29) is 18.9 Å². The van der Waals surface area contributed by atoms with Gasteiger partial charge in [0.2, 0.25) is 5.88 Å². The molecule has 0 amide bonds. The van der Waals surface area contributed by atoms with Crippen LogP contribution in [-0.2, 0) is 9.53 Å². The van der Waals surface area contributed by atoms with E-state index in [0.717, 1.165) is 47.6 Å². The number of aromatic nitrogens is 1. The van der Waals surface area contributed by atoms with E-state index in [4.69, 9.17) is 9.47 Å². The third kappa shape index (κ3) is 14.4. The highest BCUT2D eigenvalue weighted by atomic mass is 19.4. The van der Waals surface area contributed by atoms with Gasteiger partial charge in [0.15, 0.2) is 6.10 Å². The second-order valence-electron chi connectivity index (χ2n) is 12.8. The molecule has 1 aromatic heterocycles. The molecule has 3 aromatic rings. The van der Waals surface area contributed by atoms with Crippen molar-refractivity contribution >= 4 is 5.97 Å². The Morgan fingerprint density at radius 2 is 1.44 bits per heavy atom. The summed E-state index contributed by atoms with van der Waals surface area (Å²) in [6.45, 7) is 3.88. The molecule has 5 nitrogen and oxygen atoms in total. The van der Waals surface area contributed by atoms with Gasteiger partial charge >= 0.3 is 12.1 Å². The fraction of sp³-hybridized carbons (Fsp3) is 0.550. The monoisotopic (exact) mass is 669 g/mol. The van der Waals surface area contributed by atoms with Crippen molar-refractivity contribution < 1.29 is 32.5 Å². The third-order valence-corrected chi connectivity index (χ3v) is 8.86. The number of hydrogen-bond acceptors (Lipinski definition) is 4. The Bertz CT molecular complexity index is 1310. The minimum Gasteiger partial charge on any atom is -0.481 e. The molecule has 2 unspecified atom stereocenters. The lowest BCUT2D eigenvalue weighted by atomic mass is 9.85. The zero-order chi connectivity index (χ0) is 34.6. The molecule has 8 heteroatoms. The van der Waals surface area contributed by atoms with Crippen LogP contribution in [0.3, 0.4) is 0 Å². The summed E-state index contributed by atoms with van der Waals surface area (Å²) in [5, 5.41) is 9.22. The largest absolute Gasteiger partial charge is 0.481 e. The minimum absolute atomic E-state index is 0.0183. The van der Waals surface area contributed by atoms with E-state index in [2.05, 4.69) is 36.2 Å². The number of carbonyl (C=O) groups is 1. The van der Waals surface area contributed by atoms with Crippen LogP contribution < -0.4 is 4.74 Å². The van der Waals surface area contributed by atoms with Crippen molar-refractivity contribution in [3.63, 3.8) is 0 Å². The van der Waals surface area contributed by atoms with Gasteiger partial charge in [-0.25, -0.2) is 4.98 Å². The van der Waals surface area contributed by atoms with Crippen molar-refractivity contribution in [3.8, 4) is 28.1 Å². The van der Waals surface area contributed by atoms with Gasteiger partial charge in [-0.05, 0) is 73.3 Å². The lowest BCUT2D eigenvalue weighted by Crippen LogP contribution is -2.28. The summed E-state index contributed by atoms with van der Waals surface area (Å²) in [5.41, 5.74) is 5.01. The predicted octanol–water partition coefficient (Wildman–Crippen LogP) is 11.8. The number of halogens is 3. The first-order valence-corrected chi connectivity index (χ1v) is 17.9. The van der Waals surface area contributed by atoms with Crippen LogP contribution >= 0.6 is 0 Å². The molecule has 264 valence electrons. The number of benzene rings is 2. The molecule has 1 N–H and O–H groups in total. The average Bonchev–Trinajstić information content (AvgIpc) is 3.08. The standard InChI is InChI=1S/C40H54F3NO4/c1-3-4-5-6-7-8-9-10-11-15-27-48-38-26-24-35(30-44-38)37-29-34(23-25-36(37)33-18-13-12-14-19-33)32(20-16-22-39(45)46)21-17-28-47-31(2)40(41,42)43/h12-14,18-19,23-26,29-32H,3-11,15-17,20-22,27-28H2,1-2H3,(H,45,46). The van der Waals surface area contributed by atoms with E-state index in [1.807, 2.05) is 42.6 Å². The zero-order valence-electron chi connectivity index (χ0n) is 28.8. The van der Waals surface area contributed by atoms with Gasteiger partial charge in [-0.15, -0.1) is 0 Å². The fourth-order valence-electron chi connectivity index (χ4n) is 5.98. The Labute approximate surface area is 285 Å². The molecular formula is C40H54F3NO4. The van der Waals surface area contributed by atoms with Crippen LogP contribution in [0.5, 0.6) is 5.88 Å². The summed E-state index contributed by atoms with van der Waals surface area (Å²) in [4.78, 5) is 15.9. The van der Waals surface area contributed by atoms with Crippen molar-refractivity contribution in [2.75, 3.05) is 13.2 Å². The van der Waals surface area contributed by atoms with Gasteiger partial charge in [0.1, 0.15) is 0 Å². The van der Waals surface area contributed by atoms with Gasteiger partial charge in [-0.3, -0.25) is 4.79 Å². The first-order valence-electron chi connectivity index (χ1n) is 17.9. The maximum absolute atomic E-state index is 12.9. The molecule has 0 aliphatic carbocycles. The number of unbranched alkanes of at least 4 members (excludes halogenated alkanes) is 9.